The maximum absolute atomic E-state index is 14.1. The topological polar surface area (TPSA) is 96.0 Å². The summed E-state index contributed by atoms with van der Waals surface area (Å²) in [5, 5.41) is 2.90. The zero-order valence-electron chi connectivity index (χ0n) is 24.5. The van der Waals surface area contributed by atoms with Crippen LogP contribution in [0.5, 0.6) is 5.75 Å². The largest absolute Gasteiger partial charge is 0.497 e. The smallest absolute Gasteiger partial charge is 0.264 e. The Kier molecular flexibility index (Phi) is 11.3. The first-order chi connectivity index (χ1) is 19.6. The van der Waals surface area contributed by atoms with E-state index in [2.05, 4.69) is 19.2 Å². The lowest BCUT2D eigenvalue weighted by Crippen LogP contribution is -2.52. The minimum absolute atomic E-state index is 0.0789. The van der Waals surface area contributed by atoms with Crippen molar-refractivity contribution in [2.45, 2.75) is 63.9 Å². The summed E-state index contributed by atoms with van der Waals surface area (Å²) < 4.78 is 34.2. The van der Waals surface area contributed by atoms with E-state index >= 15 is 0 Å². The van der Waals surface area contributed by atoms with Crippen LogP contribution in [0.25, 0.3) is 0 Å². The van der Waals surface area contributed by atoms with Gasteiger partial charge in [-0.15, -0.1) is 0 Å². The standard InChI is InChI=1S/C32H41N3O5S/c1-6-21-33-32(37)30(7-2)34(22-25-13-19-28(40-5)20-14-25)31(36)23-35(27-17-15-26(16-18-27)24(3)4)41(38,39)29-11-9-8-10-12-29/h8-20,24,30H,6-7,21-23H2,1-5H3,(H,33,37)/t30-/m1/s1. The highest BCUT2D eigenvalue weighted by Crippen LogP contribution is 2.27. The fourth-order valence-electron chi connectivity index (χ4n) is 4.49. The fraction of sp³-hybridized carbons (Fsp3) is 0.375. The van der Waals surface area contributed by atoms with Crippen molar-refractivity contribution < 1.29 is 22.7 Å². The van der Waals surface area contributed by atoms with Crippen LogP contribution < -0.4 is 14.4 Å². The quantitative estimate of drug-likeness (QED) is 0.278. The molecule has 0 saturated carbocycles. The Morgan fingerprint density at radius 3 is 2.07 bits per heavy atom. The van der Waals surface area contributed by atoms with Crippen molar-refractivity contribution in [3.63, 3.8) is 0 Å². The number of amides is 2. The number of carbonyl (C=O) groups is 2. The predicted molar refractivity (Wildman–Crippen MR) is 162 cm³/mol. The van der Waals surface area contributed by atoms with Crippen LogP contribution >= 0.6 is 0 Å². The van der Waals surface area contributed by atoms with Crippen LogP contribution in [0.15, 0.2) is 83.8 Å². The van der Waals surface area contributed by atoms with Crippen LogP contribution in [-0.4, -0.2) is 51.4 Å². The molecule has 0 unspecified atom stereocenters. The maximum atomic E-state index is 14.1. The van der Waals surface area contributed by atoms with Gasteiger partial charge in [0.25, 0.3) is 10.0 Å². The van der Waals surface area contributed by atoms with E-state index in [-0.39, 0.29) is 23.3 Å². The number of nitrogens with zero attached hydrogens (tertiary/aromatic N) is 2. The van der Waals surface area contributed by atoms with Gasteiger partial charge in [0.2, 0.25) is 11.8 Å². The number of hydrogen-bond donors (Lipinski definition) is 1. The highest BCUT2D eigenvalue weighted by molar-refractivity contribution is 7.92. The summed E-state index contributed by atoms with van der Waals surface area (Å²) in [6.45, 7) is 8.06. The molecule has 1 atom stereocenters. The van der Waals surface area contributed by atoms with Gasteiger partial charge >= 0.3 is 0 Å². The number of rotatable bonds is 14. The Balaban J connectivity index is 2.04. The molecule has 0 saturated heterocycles. The second kappa shape index (κ2) is 14.7. The van der Waals surface area contributed by atoms with E-state index < -0.39 is 28.5 Å². The molecule has 220 valence electrons. The van der Waals surface area contributed by atoms with Crippen molar-refractivity contribution in [1.29, 1.82) is 0 Å². The Labute approximate surface area is 244 Å². The van der Waals surface area contributed by atoms with Crippen LogP contribution in [-0.2, 0) is 26.2 Å². The number of anilines is 1. The van der Waals surface area contributed by atoms with Crippen molar-refractivity contribution >= 4 is 27.5 Å². The minimum Gasteiger partial charge on any atom is -0.497 e. The molecule has 0 bridgehead atoms. The molecule has 9 heteroatoms. The first-order valence-electron chi connectivity index (χ1n) is 14.0. The molecule has 3 rings (SSSR count). The number of hydrogen-bond acceptors (Lipinski definition) is 5. The molecule has 3 aromatic carbocycles. The van der Waals surface area contributed by atoms with E-state index in [1.807, 2.05) is 38.1 Å². The Morgan fingerprint density at radius 1 is 0.902 bits per heavy atom. The van der Waals surface area contributed by atoms with Gasteiger partial charge in [-0.05, 0) is 66.3 Å². The zero-order chi connectivity index (χ0) is 30.0. The van der Waals surface area contributed by atoms with E-state index in [4.69, 9.17) is 4.74 Å². The SMILES string of the molecule is CCCNC(=O)[C@@H](CC)N(Cc1ccc(OC)cc1)C(=O)CN(c1ccc(C(C)C)cc1)S(=O)(=O)c1ccccc1. The fourth-order valence-corrected chi connectivity index (χ4v) is 5.92. The molecule has 0 aliphatic rings. The molecule has 0 aliphatic heterocycles. The average molecular weight is 580 g/mol. The highest BCUT2D eigenvalue weighted by Gasteiger charge is 2.33. The van der Waals surface area contributed by atoms with Crippen LogP contribution in [0.2, 0.25) is 0 Å². The number of carbonyl (C=O) groups excluding carboxylic acids is 2. The molecule has 0 radical (unpaired) electrons. The Bertz CT molecular complexity index is 1380. The van der Waals surface area contributed by atoms with Gasteiger partial charge in [-0.3, -0.25) is 13.9 Å². The number of methoxy groups -OCH3 is 1. The van der Waals surface area contributed by atoms with E-state index in [1.165, 1.54) is 17.0 Å². The van der Waals surface area contributed by atoms with Crippen molar-refractivity contribution in [3.8, 4) is 5.75 Å². The number of benzene rings is 3. The van der Waals surface area contributed by atoms with E-state index in [9.17, 15) is 18.0 Å². The number of ether oxygens (including phenoxy) is 1. The Hall–Kier alpha value is -3.85. The van der Waals surface area contributed by atoms with E-state index in [0.29, 0.717) is 24.4 Å². The average Bonchev–Trinajstić information content (AvgIpc) is 2.99. The van der Waals surface area contributed by atoms with Crippen LogP contribution in [0, 0.1) is 0 Å². The van der Waals surface area contributed by atoms with Crippen molar-refractivity contribution in [3.05, 3.63) is 90.0 Å². The molecular weight excluding hydrogens is 538 g/mol. The second-order valence-electron chi connectivity index (χ2n) is 10.2. The summed E-state index contributed by atoms with van der Waals surface area (Å²) in [4.78, 5) is 28.8. The van der Waals surface area contributed by atoms with E-state index in [1.54, 1.807) is 49.6 Å². The third kappa shape index (κ3) is 8.10. The molecule has 8 nitrogen and oxygen atoms in total. The molecule has 0 fully saturated rings. The minimum atomic E-state index is -4.10. The molecule has 2 amide bonds. The van der Waals surface area contributed by atoms with Crippen molar-refractivity contribution in [1.82, 2.24) is 10.2 Å². The summed E-state index contributed by atoms with van der Waals surface area (Å²) in [7, 11) is -2.52. The van der Waals surface area contributed by atoms with Gasteiger partial charge in [0, 0.05) is 13.1 Å². The van der Waals surface area contributed by atoms with E-state index in [0.717, 1.165) is 21.9 Å². The molecule has 1 N–H and O–H groups in total. The van der Waals surface area contributed by atoms with Gasteiger partial charge in [0.1, 0.15) is 18.3 Å². The highest BCUT2D eigenvalue weighted by atomic mass is 32.2. The molecule has 3 aromatic rings. The third-order valence-electron chi connectivity index (χ3n) is 6.90. The van der Waals surface area contributed by atoms with Gasteiger partial charge in [-0.25, -0.2) is 8.42 Å². The molecule has 0 heterocycles. The summed E-state index contributed by atoms with van der Waals surface area (Å²) in [5.74, 6) is 0.183. The maximum Gasteiger partial charge on any atom is 0.264 e. The lowest BCUT2D eigenvalue weighted by Gasteiger charge is -2.33. The number of nitrogens with one attached hydrogen (secondary N) is 1. The second-order valence-corrected chi connectivity index (χ2v) is 12.0. The van der Waals surface area contributed by atoms with Gasteiger partial charge in [-0.1, -0.05) is 70.2 Å². The summed E-state index contributed by atoms with van der Waals surface area (Å²) >= 11 is 0. The van der Waals surface area contributed by atoms with Crippen molar-refractivity contribution in [2.24, 2.45) is 0 Å². The number of sulfonamides is 1. The van der Waals surface area contributed by atoms with Gasteiger partial charge < -0.3 is 15.0 Å². The lowest BCUT2D eigenvalue weighted by molar-refractivity contribution is -0.140. The molecular formula is C32H41N3O5S. The Morgan fingerprint density at radius 2 is 1.54 bits per heavy atom. The molecule has 0 spiro atoms. The van der Waals surface area contributed by atoms with Crippen LogP contribution in [0.3, 0.4) is 0 Å². The normalized spacial score (nSPS) is 12.0. The molecule has 0 aromatic heterocycles. The first-order valence-corrected chi connectivity index (χ1v) is 15.4. The van der Waals surface area contributed by atoms with Crippen LogP contribution in [0.1, 0.15) is 57.6 Å². The van der Waals surface area contributed by atoms with Crippen molar-refractivity contribution in [2.75, 3.05) is 24.5 Å². The summed E-state index contributed by atoms with van der Waals surface area (Å²) in [6.07, 6.45) is 1.12. The first kappa shape index (κ1) is 31.7. The lowest BCUT2D eigenvalue weighted by atomic mass is 10.0. The van der Waals surface area contributed by atoms with Gasteiger partial charge in [0.05, 0.1) is 17.7 Å². The van der Waals surface area contributed by atoms with Gasteiger partial charge in [0.15, 0.2) is 0 Å². The summed E-state index contributed by atoms with van der Waals surface area (Å²) in [5.41, 5.74) is 2.22. The monoisotopic (exact) mass is 579 g/mol. The predicted octanol–water partition coefficient (Wildman–Crippen LogP) is 5.35. The summed E-state index contributed by atoms with van der Waals surface area (Å²) in [6, 6.07) is 21.7. The zero-order valence-corrected chi connectivity index (χ0v) is 25.4. The van der Waals surface area contributed by atoms with Crippen LogP contribution in [0.4, 0.5) is 5.69 Å². The van der Waals surface area contributed by atoms with Gasteiger partial charge in [-0.2, -0.15) is 0 Å². The molecule has 41 heavy (non-hydrogen) atoms. The molecule has 0 aliphatic carbocycles. The third-order valence-corrected chi connectivity index (χ3v) is 8.69.